The molecule has 1 saturated heterocycles. The van der Waals surface area contributed by atoms with Gasteiger partial charge < -0.3 is 14.6 Å². The van der Waals surface area contributed by atoms with Crippen LogP contribution in [0.1, 0.15) is 38.4 Å². The predicted octanol–water partition coefficient (Wildman–Crippen LogP) is 2.75. The molecule has 1 spiro atoms. The highest BCUT2D eigenvalue weighted by atomic mass is 16.5. The minimum Gasteiger partial charge on any atom is -0.497 e. The van der Waals surface area contributed by atoms with Gasteiger partial charge in [-0.15, -0.1) is 0 Å². The Labute approximate surface area is 156 Å². The van der Waals surface area contributed by atoms with Crippen molar-refractivity contribution >= 4 is 11.9 Å². The summed E-state index contributed by atoms with van der Waals surface area (Å²) in [6, 6.07) is 6.82. The van der Waals surface area contributed by atoms with E-state index in [1.165, 1.54) is 4.90 Å². The first kappa shape index (κ1) is 17.5. The van der Waals surface area contributed by atoms with Gasteiger partial charge in [-0.25, -0.2) is 4.79 Å². The summed E-state index contributed by atoms with van der Waals surface area (Å²) in [6.07, 6.45) is 3.64. The van der Waals surface area contributed by atoms with Crippen molar-refractivity contribution in [1.29, 1.82) is 0 Å². The fourth-order valence-electron chi connectivity index (χ4n) is 3.95. The van der Waals surface area contributed by atoms with Crippen molar-refractivity contribution < 1.29 is 18.8 Å². The van der Waals surface area contributed by atoms with Crippen LogP contribution in [-0.4, -0.2) is 39.6 Å². The second-order valence-corrected chi connectivity index (χ2v) is 7.18. The fraction of sp³-hybridized carbons (Fsp3) is 0.474. The molecule has 1 aliphatic carbocycles. The number of ether oxygens (including phenoxy) is 1. The fourth-order valence-corrected chi connectivity index (χ4v) is 3.95. The van der Waals surface area contributed by atoms with Gasteiger partial charge >= 0.3 is 6.03 Å². The zero-order valence-electron chi connectivity index (χ0n) is 15.4. The van der Waals surface area contributed by atoms with Crippen LogP contribution in [0.4, 0.5) is 4.79 Å². The number of aromatic nitrogens is 2. The van der Waals surface area contributed by atoms with E-state index >= 15 is 0 Å². The Bertz CT molecular complexity index is 863. The number of hydrogen-bond acceptors (Lipinski definition) is 6. The highest BCUT2D eigenvalue weighted by Gasteiger charge is 2.55. The summed E-state index contributed by atoms with van der Waals surface area (Å²) in [6.45, 7) is 2.02. The molecule has 2 heterocycles. The molecule has 2 aromatic rings. The van der Waals surface area contributed by atoms with E-state index in [1.54, 1.807) is 19.2 Å². The van der Waals surface area contributed by atoms with Gasteiger partial charge in [-0.1, -0.05) is 24.9 Å². The number of benzene rings is 1. The summed E-state index contributed by atoms with van der Waals surface area (Å²) in [5, 5.41) is 6.86. The third-order valence-electron chi connectivity index (χ3n) is 5.61. The van der Waals surface area contributed by atoms with Crippen molar-refractivity contribution in [3.8, 4) is 17.2 Å². The molecule has 3 amide bonds. The van der Waals surface area contributed by atoms with E-state index in [1.807, 2.05) is 19.1 Å². The lowest BCUT2D eigenvalue weighted by atomic mass is 9.73. The molecule has 8 nitrogen and oxygen atoms in total. The molecule has 27 heavy (non-hydrogen) atoms. The van der Waals surface area contributed by atoms with Crippen molar-refractivity contribution in [3.63, 3.8) is 0 Å². The van der Waals surface area contributed by atoms with E-state index in [-0.39, 0.29) is 24.4 Å². The third kappa shape index (κ3) is 2.94. The first-order chi connectivity index (χ1) is 13.0. The molecule has 142 valence electrons. The van der Waals surface area contributed by atoms with Crippen LogP contribution < -0.4 is 10.1 Å². The number of methoxy groups -OCH3 is 1. The summed E-state index contributed by atoms with van der Waals surface area (Å²) in [5.74, 6) is 1.29. The number of carbonyl (C=O) groups excluding carboxylic acids is 2. The summed E-state index contributed by atoms with van der Waals surface area (Å²) in [7, 11) is 1.60. The van der Waals surface area contributed by atoms with Crippen LogP contribution in [0.15, 0.2) is 28.8 Å². The number of rotatable bonds is 4. The minimum atomic E-state index is -0.780. The Morgan fingerprint density at radius 2 is 2.07 bits per heavy atom. The van der Waals surface area contributed by atoms with Crippen molar-refractivity contribution in [2.45, 2.75) is 44.7 Å². The number of nitrogens with zero attached hydrogens (tertiary/aromatic N) is 3. The van der Waals surface area contributed by atoms with E-state index in [0.29, 0.717) is 18.1 Å². The van der Waals surface area contributed by atoms with Crippen molar-refractivity contribution in [1.82, 2.24) is 20.4 Å². The Morgan fingerprint density at radius 3 is 2.78 bits per heavy atom. The smallest absolute Gasteiger partial charge is 0.325 e. The Kier molecular flexibility index (Phi) is 4.33. The summed E-state index contributed by atoms with van der Waals surface area (Å²) < 4.78 is 10.4. The Balaban J connectivity index is 1.52. The molecular formula is C19H22N4O4. The summed E-state index contributed by atoms with van der Waals surface area (Å²) >= 11 is 0. The molecule has 2 atom stereocenters. The summed E-state index contributed by atoms with van der Waals surface area (Å²) in [4.78, 5) is 31.0. The average molecular weight is 370 g/mol. The SMILES string of the molecule is COc1ccc(-c2nc(CN3C(=O)N[C@]4(CCCC[C@H]4C)C3=O)no2)cc1. The van der Waals surface area contributed by atoms with Crippen LogP contribution in [0.25, 0.3) is 11.5 Å². The van der Waals surface area contributed by atoms with Gasteiger partial charge in [0.25, 0.3) is 11.8 Å². The second kappa shape index (κ2) is 6.68. The molecule has 2 aliphatic rings. The largest absolute Gasteiger partial charge is 0.497 e. The van der Waals surface area contributed by atoms with E-state index in [4.69, 9.17) is 9.26 Å². The molecule has 1 N–H and O–H groups in total. The highest BCUT2D eigenvalue weighted by molar-refractivity contribution is 6.07. The zero-order chi connectivity index (χ0) is 19.0. The third-order valence-corrected chi connectivity index (χ3v) is 5.61. The van der Waals surface area contributed by atoms with Gasteiger partial charge in [-0.05, 0) is 43.0 Å². The van der Waals surface area contributed by atoms with E-state index in [2.05, 4.69) is 15.5 Å². The lowest BCUT2D eigenvalue weighted by Crippen LogP contribution is -2.53. The maximum absolute atomic E-state index is 13.0. The standard InChI is InChI=1S/C19H22N4O4/c1-12-5-3-4-10-19(12)17(24)23(18(25)21-19)11-15-20-16(27-22-15)13-6-8-14(26-2)9-7-13/h6-9,12H,3-5,10-11H2,1-2H3,(H,21,25)/t12-,19+/m1/s1. The van der Waals surface area contributed by atoms with Crippen LogP contribution in [0.5, 0.6) is 5.75 Å². The van der Waals surface area contributed by atoms with Crippen LogP contribution in [0.2, 0.25) is 0 Å². The molecule has 4 rings (SSSR count). The van der Waals surface area contributed by atoms with Gasteiger partial charge in [0.2, 0.25) is 0 Å². The Hall–Kier alpha value is -2.90. The quantitative estimate of drug-likeness (QED) is 0.831. The van der Waals surface area contributed by atoms with Crippen LogP contribution in [0, 0.1) is 5.92 Å². The lowest BCUT2D eigenvalue weighted by Gasteiger charge is -2.36. The van der Waals surface area contributed by atoms with Gasteiger partial charge in [0.1, 0.15) is 11.3 Å². The lowest BCUT2D eigenvalue weighted by molar-refractivity contribution is -0.134. The molecule has 0 unspecified atom stereocenters. The number of imide groups is 1. The topological polar surface area (TPSA) is 97.6 Å². The van der Waals surface area contributed by atoms with E-state index in [0.717, 1.165) is 30.6 Å². The van der Waals surface area contributed by atoms with Gasteiger partial charge in [-0.2, -0.15) is 4.98 Å². The molecular weight excluding hydrogens is 348 g/mol. The van der Waals surface area contributed by atoms with E-state index in [9.17, 15) is 9.59 Å². The Morgan fingerprint density at radius 1 is 1.30 bits per heavy atom. The number of nitrogens with one attached hydrogen (secondary N) is 1. The van der Waals surface area contributed by atoms with Gasteiger partial charge in [0.05, 0.1) is 13.7 Å². The van der Waals surface area contributed by atoms with Crippen LogP contribution in [-0.2, 0) is 11.3 Å². The first-order valence-electron chi connectivity index (χ1n) is 9.14. The number of hydrogen-bond donors (Lipinski definition) is 1. The molecule has 2 fully saturated rings. The zero-order valence-corrected chi connectivity index (χ0v) is 15.4. The number of urea groups is 1. The first-order valence-corrected chi connectivity index (χ1v) is 9.14. The van der Waals surface area contributed by atoms with Gasteiger partial charge in [0.15, 0.2) is 5.82 Å². The summed E-state index contributed by atoms with van der Waals surface area (Å²) in [5.41, 5.74) is -0.0399. The van der Waals surface area contributed by atoms with Crippen LogP contribution in [0.3, 0.4) is 0 Å². The number of carbonyl (C=O) groups is 2. The molecule has 1 saturated carbocycles. The maximum Gasteiger partial charge on any atom is 0.325 e. The second-order valence-electron chi connectivity index (χ2n) is 7.18. The molecule has 8 heteroatoms. The molecule has 0 radical (unpaired) electrons. The normalized spacial score (nSPS) is 25.1. The molecule has 0 bridgehead atoms. The van der Waals surface area contributed by atoms with Gasteiger partial charge in [0, 0.05) is 5.56 Å². The van der Waals surface area contributed by atoms with Crippen LogP contribution >= 0.6 is 0 Å². The molecule has 1 aliphatic heterocycles. The monoisotopic (exact) mass is 370 g/mol. The minimum absolute atomic E-state index is 0.00120. The van der Waals surface area contributed by atoms with Crippen molar-refractivity contribution in [3.05, 3.63) is 30.1 Å². The predicted molar refractivity (Wildman–Crippen MR) is 95.7 cm³/mol. The highest BCUT2D eigenvalue weighted by Crippen LogP contribution is 2.38. The molecule has 1 aromatic heterocycles. The van der Waals surface area contributed by atoms with Crippen molar-refractivity contribution in [2.75, 3.05) is 7.11 Å². The van der Waals surface area contributed by atoms with Crippen molar-refractivity contribution in [2.24, 2.45) is 5.92 Å². The number of amides is 3. The average Bonchev–Trinajstić information content (AvgIpc) is 3.24. The molecule has 1 aromatic carbocycles. The van der Waals surface area contributed by atoms with E-state index < -0.39 is 5.54 Å². The maximum atomic E-state index is 13.0. The van der Waals surface area contributed by atoms with Gasteiger partial charge in [-0.3, -0.25) is 9.69 Å².